The van der Waals surface area contributed by atoms with Crippen molar-refractivity contribution in [3.8, 4) is 0 Å². The number of hydrogen-bond donors (Lipinski definition) is 2. The van der Waals surface area contributed by atoms with Gasteiger partial charge in [0.25, 0.3) is 0 Å². The summed E-state index contributed by atoms with van der Waals surface area (Å²) in [7, 11) is 1.74. The molecule has 3 rings (SSSR count). The third-order valence-corrected chi connectivity index (χ3v) is 4.96. The monoisotopic (exact) mass is 306 g/mol. The van der Waals surface area contributed by atoms with E-state index in [1.165, 1.54) is 6.42 Å². The van der Waals surface area contributed by atoms with Gasteiger partial charge in [-0.05, 0) is 38.2 Å². The fraction of sp³-hybridized carbons (Fsp3) is 0.750. The molecule has 4 atom stereocenters. The first-order valence-corrected chi connectivity index (χ1v) is 8.35. The van der Waals surface area contributed by atoms with E-state index in [2.05, 4.69) is 15.7 Å². The van der Waals surface area contributed by atoms with Crippen LogP contribution in [0.15, 0.2) is 18.5 Å². The van der Waals surface area contributed by atoms with Crippen LogP contribution in [0.4, 0.5) is 4.79 Å². The summed E-state index contributed by atoms with van der Waals surface area (Å²) in [5.41, 5.74) is 0. The zero-order valence-electron chi connectivity index (χ0n) is 13.2. The molecule has 122 valence electrons. The maximum atomic E-state index is 12.3. The predicted octanol–water partition coefficient (Wildman–Crippen LogP) is 2.23. The summed E-state index contributed by atoms with van der Waals surface area (Å²) in [5, 5.41) is 10.6. The molecule has 0 aromatic carbocycles. The molecule has 0 unspecified atom stereocenters. The molecule has 1 heterocycles. The molecule has 1 aromatic heterocycles. The van der Waals surface area contributed by atoms with Crippen molar-refractivity contribution in [1.82, 2.24) is 20.4 Å². The van der Waals surface area contributed by atoms with Gasteiger partial charge in [-0.1, -0.05) is 12.8 Å². The van der Waals surface area contributed by atoms with E-state index < -0.39 is 0 Å². The fourth-order valence-corrected chi connectivity index (χ4v) is 3.75. The molecule has 2 N–H and O–H groups in total. The van der Waals surface area contributed by atoms with Gasteiger partial charge < -0.3 is 15.4 Å². The molecule has 2 fully saturated rings. The Labute approximate surface area is 131 Å². The van der Waals surface area contributed by atoms with E-state index in [-0.39, 0.29) is 30.3 Å². The summed E-state index contributed by atoms with van der Waals surface area (Å²) in [6.45, 7) is 0. The Bertz CT molecular complexity index is 477. The predicted molar refractivity (Wildman–Crippen MR) is 83.6 cm³/mol. The minimum Gasteiger partial charge on any atom is -0.381 e. The minimum absolute atomic E-state index is 0.0502. The van der Waals surface area contributed by atoms with E-state index in [0.717, 1.165) is 38.5 Å². The fourth-order valence-electron chi connectivity index (χ4n) is 3.75. The van der Waals surface area contributed by atoms with Crippen LogP contribution >= 0.6 is 0 Å². The Balaban J connectivity index is 1.53. The number of amides is 2. The van der Waals surface area contributed by atoms with Crippen LogP contribution in [0.5, 0.6) is 0 Å². The van der Waals surface area contributed by atoms with E-state index in [0.29, 0.717) is 0 Å². The van der Waals surface area contributed by atoms with Crippen molar-refractivity contribution in [2.45, 2.75) is 69.2 Å². The molecule has 0 bridgehead atoms. The molecule has 22 heavy (non-hydrogen) atoms. The second-order valence-corrected chi connectivity index (χ2v) is 6.43. The SMILES string of the molecule is CO[C@@H]1CC[C@H](NC(=O)N[C@@H]2CCCC[C@H]2n2cccn2)C1. The molecule has 2 amide bonds. The molecular formula is C16H26N4O2. The number of aromatic nitrogens is 2. The van der Waals surface area contributed by atoms with Gasteiger partial charge in [-0.2, -0.15) is 5.10 Å². The van der Waals surface area contributed by atoms with E-state index in [1.54, 1.807) is 13.3 Å². The molecular weight excluding hydrogens is 280 g/mol. The number of carbonyl (C=O) groups excluding carboxylic acids is 1. The summed E-state index contributed by atoms with van der Waals surface area (Å²) in [6, 6.07) is 2.55. The van der Waals surface area contributed by atoms with Gasteiger partial charge in [0.2, 0.25) is 0 Å². The average molecular weight is 306 g/mol. The van der Waals surface area contributed by atoms with Gasteiger partial charge in [-0.15, -0.1) is 0 Å². The number of urea groups is 1. The van der Waals surface area contributed by atoms with Crippen molar-refractivity contribution < 1.29 is 9.53 Å². The first kappa shape index (κ1) is 15.3. The topological polar surface area (TPSA) is 68.2 Å². The number of nitrogens with zero attached hydrogens (tertiary/aromatic N) is 2. The van der Waals surface area contributed by atoms with Gasteiger partial charge in [0.05, 0.1) is 18.2 Å². The molecule has 6 nitrogen and oxygen atoms in total. The quantitative estimate of drug-likeness (QED) is 0.896. The minimum atomic E-state index is -0.0502. The molecule has 0 spiro atoms. The smallest absolute Gasteiger partial charge is 0.315 e. The van der Waals surface area contributed by atoms with Crippen molar-refractivity contribution in [3.05, 3.63) is 18.5 Å². The standard InChI is InChI=1S/C16H26N4O2/c1-22-13-8-7-12(11-13)18-16(21)19-14-5-2-3-6-15(14)20-10-4-9-17-20/h4,9-10,12-15H,2-3,5-8,11H2,1H3,(H2,18,19,21)/t12-,13+,14+,15+/m0/s1. The number of ether oxygens (including phenoxy) is 1. The first-order valence-electron chi connectivity index (χ1n) is 8.35. The van der Waals surface area contributed by atoms with Crippen molar-refractivity contribution in [3.63, 3.8) is 0 Å². The van der Waals surface area contributed by atoms with Crippen LogP contribution in [0, 0.1) is 0 Å². The highest BCUT2D eigenvalue weighted by Crippen LogP contribution is 2.28. The summed E-state index contributed by atoms with van der Waals surface area (Å²) in [6.07, 6.45) is 11.5. The van der Waals surface area contributed by atoms with Gasteiger partial charge in [0, 0.05) is 25.5 Å². The Morgan fingerprint density at radius 2 is 2.09 bits per heavy atom. The highest BCUT2D eigenvalue weighted by Gasteiger charge is 2.30. The van der Waals surface area contributed by atoms with Crippen molar-refractivity contribution in [2.75, 3.05) is 7.11 Å². The largest absolute Gasteiger partial charge is 0.381 e. The van der Waals surface area contributed by atoms with Gasteiger partial charge in [-0.3, -0.25) is 4.68 Å². The second kappa shape index (κ2) is 7.13. The van der Waals surface area contributed by atoms with Crippen LogP contribution in [0.1, 0.15) is 51.0 Å². The zero-order chi connectivity index (χ0) is 15.4. The van der Waals surface area contributed by atoms with Crippen LogP contribution in [-0.2, 0) is 4.74 Å². The summed E-state index contributed by atoms with van der Waals surface area (Å²) in [5.74, 6) is 0. The van der Waals surface area contributed by atoms with E-state index in [1.807, 2.05) is 16.9 Å². The maximum absolute atomic E-state index is 12.3. The average Bonchev–Trinajstić information content (AvgIpc) is 3.19. The van der Waals surface area contributed by atoms with E-state index in [4.69, 9.17) is 4.74 Å². The van der Waals surface area contributed by atoms with Crippen molar-refractivity contribution in [1.29, 1.82) is 0 Å². The molecule has 0 aliphatic heterocycles. The van der Waals surface area contributed by atoms with Gasteiger partial charge in [-0.25, -0.2) is 4.79 Å². The van der Waals surface area contributed by atoms with Crippen LogP contribution in [0.2, 0.25) is 0 Å². The van der Waals surface area contributed by atoms with Crippen LogP contribution in [0.3, 0.4) is 0 Å². The van der Waals surface area contributed by atoms with E-state index >= 15 is 0 Å². The van der Waals surface area contributed by atoms with Crippen LogP contribution in [0.25, 0.3) is 0 Å². The normalized spacial score (nSPS) is 31.9. The van der Waals surface area contributed by atoms with E-state index in [9.17, 15) is 4.79 Å². The third kappa shape index (κ3) is 3.61. The number of rotatable bonds is 4. The van der Waals surface area contributed by atoms with Crippen molar-refractivity contribution >= 4 is 6.03 Å². The number of hydrogen-bond acceptors (Lipinski definition) is 3. The van der Waals surface area contributed by atoms with Gasteiger partial charge in [0.1, 0.15) is 0 Å². The van der Waals surface area contributed by atoms with Gasteiger partial charge in [0.15, 0.2) is 0 Å². The molecule has 1 aromatic rings. The first-order chi connectivity index (χ1) is 10.8. The highest BCUT2D eigenvalue weighted by atomic mass is 16.5. The summed E-state index contributed by atoms with van der Waals surface area (Å²) < 4.78 is 7.34. The molecule has 2 saturated carbocycles. The molecule has 0 radical (unpaired) electrons. The summed E-state index contributed by atoms with van der Waals surface area (Å²) >= 11 is 0. The lowest BCUT2D eigenvalue weighted by atomic mass is 9.90. The summed E-state index contributed by atoms with van der Waals surface area (Å²) in [4.78, 5) is 12.3. The lowest BCUT2D eigenvalue weighted by Crippen LogP contribution is -2.49. The molecule has 2 aliphatic rings. The second-order valence-electron chi connectivity index (χ2n) is 6.43. The Kier molecular flexibility index (Phi) is 4.97. The number of methoxy groups -OCH3 is 1. The maximum Gasteiger partial charge on any atom is 0.315 e. The van der Waals surface area contributed by atoms with Crippen molar-refractivity contribution in [2.24, 2.45) is 0 Å². The highest BCUT2D eigenvalue weighted by molar-refractivity contribution is 5.74. The van der Waals surface area contributed by atoms with Gasteiger partial charge >= 0.3 is 6.03 Å². The number of carbonyl (C=O) groups is 1. The van der Waals surface area contributed by atoms with Crippen LogP contribution in [-0.4, -0.2) is 41.1 Å². The molecule has 0 saturated heterocycles. The zero-order valence-corrected chi connectivity index (χ0v) is 13.2. The third-order valence-electron chi connectivity index (χ3n) is 4.96. The Morgan fingerprint density at radius 3 is 2.82 bits per heavy atom. The number of nitrogens with one attached hydrogen (secondary N) is 2. The van der Waals surface area contributed by atoms with Crippen LogP contribution < -0.4 is 10.6 Å². The lowest BCUT2D eigenvalue weighted by molar-refractivity contribution is 0.107. The molecule has 2 aliphatic carbocycles. The Hall–Kier alpha value is -1.56. The lowest BCUT2D eigenvalue weighted by Gasteiger charge is -2.32. The molecule has 6 heteroatoms. The Morgan fingerprint density at radius 1 is 1.23 bits per heavy atom.